The number of carbonyl (C=O) groups is 1. The van der Waals surface area contributed by atoms with Gasteiger partial charge in [0.1, 0.15) is 4.90 Å². The Morgan fingerprint density at radius 3 is 2.32 bits per heavy atom. The van der Waals surface area contributed by atoms with Crippen LogP contribution in [0.5, 0.6) is 0 Å². The number of carbonyl (C=O) groups excluding carboxylic acids is 1. The second kappa shape index (κ2) is 8.32. The van der Waals surface area contributed by atoms with Crippen LogP contribution in [0, 0.1) is 23.2 Å². The highest BCUT2D eigenvalue weighted by atomic mass is 35.5. The predicted octanol–water partition coefficient (Wildman–Crippen LogP) is 3.70. The average Bonchev–Trinajstić information content (AvgIpc) is 2.73. The Bertz CT molecular complexity index is 923. The van der Waals surface area contributed by atoms with Gasteiger partial charge in [0.25, 0.3) is 5.91 Å². The Kier molecular flexibility index (Phi) is 5.82. The van der Waals surface area contributed by atoms with Gasteiger partial charge in [0.2, 0.25) is 10.0 Å². The van der Waals surface area contributed by atoms with Gasteiger partial charge >= 0.3 is 0 Å². The van der Waals surface area contributed by atoms with E-state index >= 15 is 0 Å². The summed E-state index contributed by atoms with van der Waals surface area (Å²) in [5.41, 5.74) is 0.745. The molecule has 0 aromatic heterocycles. The number of nitrogens with zero attached hydrogens (tertiary/aromatic N) is 1. The van der Waals surface area contributed by atoms with Crippen LogP contribution in [0.25, 0.3) is 0 Å². The molecular formula is C23H31ClN2O4S. The molecule has 0 unspecified atom stereocenters. The Balaban J connectivity index is 1.24. The van der Waals surface area contributed by atoms with Crippen LogP contribution in [0.2, 0.25) is 5.02 Å². The van der Waals surface area contributed by atoms with Crippen LogP contribution in [0.15, 0.2) is 23.1 Å². The minimum Gasteiger partial charge on any atom is -0.379 e. The predicted molar refractivity (Wildman–Crippen MR) is 119 cm³/mol. The second-order valence-corrected chi connectivity index (χ2v) is 12.4. The number of sulfonamides is 1. The monoisotopic (exact) mass is 466 g/mol. The van der Waals surface area contributed by atoms with Crippen molar-refractivity contribution in [3.63, 3.8) is 0 Å². The van der Waals surface area contributed by atoms with Crippen LogP contribution in [0.3, 0.4) is 0 Å². The maximum Gasteiger partial charge on any atom is 0.251 e. The van der Waals surface area contributed by atoms with Crippen LogP contribution in [-0.2, 0) is 14.8 Å². The van der Waals surface area contributed by atoms with E-state index in [0.717, 1.165) is 24.2 Å². The minimum absolute atomic E-state index is 0.00944. The van der Waals surface area contributed by atoms with Crippen molar-refractivity contribution in [3.8, 4) is 0 Å². The van der Waals surface area contributed by atoms with E-state index in [9.17, 15) is 13.2 Å². The number of benzene rings is 1. The van der Waals surface area contributed by atoms with Gasteiger partial charge in [0.05, 0.1) is 18.2 Å². The number of nitrogens with one attached hydrogen (secondary N) is 1. The molecule has 6 rings (SSSR count). The molecule has 1 heterocycles. The van der Waals surface area contributed by atoms with Crippen molar-refractivity contribution >= 4 is 27.5 Å². The van der Waals surface area contributed by atoms with Crippen LogP contribution in [0.4, 0.5) is 0 Å². The summed E-state index contributed by atoms with van der Waals surface area (Å²) in [6, 6.07) is 4.51. The number of morpholine rings is 1. The van der Waals surface area contributed by atoms with Gasteiger partial charge < -0.3 is 10.1 Å². The Morgan fingerprint density at radius 2 is 1.71 bits per heavy atom. The second-order valence-electron chi connectivity index (χ2n) is 10.1. The average molecular weight is 467 g/mol. The Labute approximate surface area is 189 Å². The molecule has 1 aromatic rings. The third kappa shape index (κ3) is 4.26. The smallest absolute Gasteiger partial charge is 0.251 e. The van der Waals surface area contributed by atoms with Crippen molar-refractivity contribution in [1.82, 2.24) is 9.62 Å². The molecule has 1 amide bonds. The summed E-state index contributed by atoms with van der Waals surface area (Å²) in [5, 5.41) is 3.18. The van der Waals surface area contributed by atoms with E-state index in [-0.39, 0.29) is 15.8 Å². The molecule has 0 atom stereocenters. The topological polar surface area (TPSA) is 75.7 Å². The number of halogens is 1. The fourth-order valence-corrected chi connectivity index (χ4v) is 8.82. The van der Waals surface area contributed by atoms with Crippen molar-refractivity contribution in [2.24, 2.45) is 23.2 Å². The van der Waals surface area contributed by atoms with Crippen molar-refractivity contribution in [2.45, 2.75) is 49.8 Å². The normalized spacial score (nSPS) is 32.9. The summed E-state index contributed by atoms with van der Waals surface area (Å²) in [6.07, 6.45) is 9.21. The third-order valence-corrected chi connectivity index (χ3v) is 10.3. The molecule has 31 heavy (non-hydrogen) atoms. The van der Waals surface area contributed by atoms with Gasteiger partial charge in [-0.05, 0) is 86.3 Å². The zero-order valence-electron chi connectivity index (χ0n) is 17.8. The lowest BCUT2D eigenvalue weighted by Gasteiger charge is -2.57. The first-order chi connectivity index (χ1) is 14.8. The summed E-state index contributed by atoms with van der Waals surface area (Å²) in [6.45, 7) is 1.95. The third-order valence-electron chi connectivity index (χ3n) is 7.89. The zero-order chi connectivity index (χ0) is 21.6. The molecule has 0 spiro atoms. The van der Waals surface area contributed by atoms with E-state index in [0.29, 0.717) is 43.8 Å². The molecule has 1 aliphatic heterocycles. The lowest BCUT2D eigenvalue weighted by atomic mass is 9.49. The Hall–Kier alpha value is -1.15. The molecule has 1 aromatic carbocycles. The highest BCUT2D eigenvalue weighted by Gasteiger charge is 2.50. The minimum atomic E-state index is -3.76. The number of amides is 1. The van der Waals surface area contributed by atoms with Gasteiger partial charge in [-0.2, -0.15) is 4.31 Å². The molecule has 4 aliphatic carbocycles. The molecule has 5 aliphatic rings. The van der Waals surface area contributed by atoms with Gasteiger partial charge in [0.15, 0.2) is 0 Å². The lowest BCUT2D eigenvalue weighted by Crippen LogP contribution is -2.47. The van der Waals surface area contributed by atoms with Crippen molar-refractivity contribution in [2.75, 3.05) is 32.8 Å². The van der Waals surface area contributed by atoms with Crippen LogP contribution < -0.4 is 5.32 Å². The first kappa shape index (κ1) is 21.7. The summed E-state index contributed by atoms with van der Waals surface area (Å²) in [5.74, 6) is 2.45. The fraction of sp³-hybridized carbons (Fsp3) is 0.696. The highest BCUT2D eigenvalue weighted by molar-refractivity contribution is 7.89. The van der Waals surface area contributed by atoms with Gasteiger partial charge in [-0.1, -0.05) is 11.6 Å². The van der Waals surface area contributed by atoms with E-state index in [2.05, 4.69) is 5.32 Å². The number of ether oxygens (including phenoxy) is 1. The first-order valence-corrected chi connectivity index (χ1v) is 13.3. The molecule has 6 nitrogen and oxygen atoms in total. The maximum absolute atomic E-state index is 13.0. The molecule has 5 fully saturated rings. The quantitative estimate of drug-likeness (QED) is 0.693. The molecule has 1 N–H and O–H groups in total. The summed E-state index contributed by atoms with van der Waals surface area (Å²) < 4.78 is 32.6. The molecular weight excluding hydrogens is 436 g/mol. The number of hydrogen-bond donors (Lipinski definition) is 1. The van der Waals surface area contributed by atoms with Crippen molar-refractivity contribution in [1.29, 1.82) is 0 Å². The molecule has 4 saturated carbocycles. The fourth-order valence-electron chi connectivity index (χ4n) is 6.91. The standard InChI is InChI=1S/C23H31ClN2O4S/c24-20-2-1-19(12-21(20)31(28,29)26-5-7-30-8-6-26)22(27)25-4-3-23-13-16-9-17(14-23)11-18(10-16)15-23/h1-2,12,16-18H,3-11,13-15H2,(H,25,27). The van der Waals surface area contributed by atoms with Crippen LogP contribution in [0.1, 0.15) is 55.3 Å². The van der Waals surface area contributed by atoms with E-state index in [1.807, 2.05) is 0 Å². The zero-order valence-corrected chi connectivity index (χ0v) is 19.4. The summed E-state index contributed by atoms with van der Waals surface area (Å²) >= 11 is 6.22. The largest absolute Gasteiger partial charge is 0.379 e. The summed E-state index contributed by atoms with van der Waals surface area (Å²) in [7, 11) is -3.76. The summed E-state index contributed by atoms with van der Waals surface area (Å²) in [4.78, 5) is 12.8. The van der Waals surface area contributed by atoms with Gasteiger partial charge in [-0.25, -0.2) is 8.42 Å². The number of rotatable bonds is 6. The van der Waals surface area contributed by atoms with Gasteiger partial charge in [-0.3, -0.25) is 4.79 Å². The molecule has 4 bridgehead atoms. The molecule has 0 radical (unpaired) electrons. The van der Waals surface area contributed by atoms with Gasteiger partial charge in [0, 0.05) is 25.2 Å². The molecule has 8 heteroatoms. The van der Waals surface area contributed by atoms with Crippen molar-refractivity contribution < 1.29 is 17.9 Å². The number of hydrogen-bond acceptors (Lipinski definition) is 4. The SMILES string of the molecule is O=C(NCCC12CC3CC(CC(C3)C1)C2)c1ccc(Cl)c(S(=O)(=O)N2CCOCC2)c1. The van der Waals surface area contributed by atoms with E-state index in [1.54, 1.807) is 6.07 Å². The highest BCUT2D eigenvalue weighted by Crippen LogP contribution is 2.61. The lowest BCUT2D eigenvalue weighted by molar-refractivity contribution is -0.0564. The Morgan fingerprint density at radius 1 is 1.10 bits per heavy atom. The van der Waals surface area contributed by atoms with E-state index in [4.69, 9.17) is 16.3 Å². The van der Waals surface area contributed by atoms with E-state index in [1.165, 1.54) is 55.0 Å². The van der Waals surface area contributed by atoms with Crippen LogP contribution in [-0.4, -0.2) is 51.5 Å². The molecule has 1 saturated heterocycles. The first-order valence-electron chi connectivity index (χ1n) is 11.5. The van der Waals surface area contributed by atoms with Crippen molar-refractivity contribution in [3.05, 3.63) is 28.8 Å². The molecule has 170 valence electrons. The van der Waals surface area contributed by atoms with Crippen LogP contribution >= 0.6 is 11.6 Å². The van der Waals surface area contributed by atoms with Gasteiger partial charge in [-0.15, -0.1) is 0 Å². The maximum atomic E-state index is 13.0. The van der Waals surface area contributed by atoms with E-state index < -0.39 is 10.0 Å².